The molecular weight excluding hydrogens is 289 g/mol. The van der Waals surface area contributed by atoms with Crippen molar-refractivity contribution < 1.29 is 9.13 Å². The van der Waals surface area contributed by atoms with Gasteiger partial charge in [0, 0.05) is 11.1 Å². The molecule has 1 atom stereocenters. The van der Waals surface area contributed by atoms with Gasteiger partial charge in [0.1, 0.15) is 0 Å². The minimum Gasteiger partial charge on any atom is -0.494 e. The third-order valence-electron chi connectivity index (χ3n) is 3.61. The molecule has 1 unspecified atom stereocenters. The average Bonchev–Trinajstić information content (AvgIpc) is 2.45. The van der Waals surface area contributed by atoms with Gasteiger partial charge in [-0.15, -0.1) is 0 Å². The Bertz CT molecular complexity index is 630. The van der Waals surface area contributed by atoms with Gasteiger partial charge in [0.05, 0.1) is 7.11 Å². The van der Waals surface area contributed by atoms with Crippen molar-refractivity contribution in [2.75, 3.05) is 14.2 Å². The molecule has 0 aliphatic rings. The number of aryl methyl sites for hydroxylation is 1. The number of rotatable bonds is 5. The molecular formula is C17H19ClFNO. The van der Waals surface area contributed by atoms with Gasteiger partial charge in [0.25, 0.3) is 0 Å². The van der Waals surface area contributed by atoms with E-state index in [4.69, 9.17) is 16.3 Å². The van der Waals surface area contributed by atoms with E-state index in [1.165, 1.54) is 13.2 Å². The van der Waals surface area contributed by atoms with Gasteiger partial charge >= 0.3 is 0 Å². The van der Waals surface area contributed by atoms with Crippen molar-refractivity contribution in [2.24, 2.45) is 0 Å². The van der Waals surface area contributed by atoms with Gasteiger partial charge in [0.2, 0.25) is 0 Å². The molecule has 0 fully saturated rings. The molecule has 2 aromatic rings. The predicted octanol–water partition coefficient (Wildman–Crippen LogP) is 4.30. The first-order valence-corrected chi connectivity index (χ1v) is 7.18. The van der Waals surface area contributed by atoms with E-state index in [1.807, 2.05) is 38.2 Å². The second kappa shape index (κ2) is 6.92. The summed E-state index contributed by atoms with van der Waals surface area (Å²) in [6.07, 6.45) is 0.694. The maximum Gasteiger partial charge on any atom is 0.165 e. The van der Waals surface area contributed by atoms with Crippen LogP contribution in [0.1, 0.15) is 22.7 Å². The summed E-state index contributed by atoms with van der Waals surface area (Å²) in [4.78, 5) is 0. The minimum atomic E-state index is -0.335. The van der Waals surface area contributed by atoms with Crippen LogP contribution >= 0.6 is 11.6 Å². The molecule has 2 rings (SSSR count). The summed E-state index contributed by atoms with van der Waals surface area (Å²) in [5.41, 5.74) is 3.20. The zero-order valence-corrected chi connectivity index (χ0v) is 13.2. The Kier molecular flexibility index (Phi) is 5.21. The van der Waals surface area contributed by atoms with Crippen LogP contribution in [0.25, 0.3) is 0 Å². The molecule has 2 aromatic carbocycles. The lowest BCUT2D eigenvalue weighted by atomic mass is 9.95. The summed E-state index contributed by atoms with van der Waals surface area (Å²) >= 11 is 6.00. The lowest BCUT2D eigenvalue weighted by Gasteiger charge is -2.19. The monoisotopic (exact) mass is 307 g/mol. The highest BCUT2D eigenvalue weighted by atomic mass is 35.5. The number of nitrogens with one attached hydrogen (secondary N) is 1. The zero-order chi connectivity index (χ0) is 15.4. The molecule has 0 heterocycles. The van der Waals surface area contributed by atoms with E-state index in [9.17, 15) is 4.39 Å². The summed E-state index contributed by atoms with van der Waals surface area (Å²) < 4.78 is 18.7. The second-order valence-electron chi connectivity index (χ2n) is 5.02. The Hall–Kier alpha value is -1.58. The maximum atomic E-state index is 13.8. The lowest BCUT2D eigenvalue weighted by molar-refractivity contribution is 0.386. The van der Waals surface area contributed by atoms with Crippen molar-refractivity contribution in [3.63, 3.8) is 0 Å². The van der Waals surface area contributed by atoms with Crippen molar-refractivity contribution in [3.8, 4) is 5.75 Å². The van der Waals surface area contributed by atoms with E-state index < -0.39 is 0 Å². The van der Waals surface area contributed by atoms with Crippen molar-refractivity contribution in [2.45, 2.75) is 19.4 Å². The molecule has 0 aliphatic heterocycles. The number of ether oxygens (including phenoxy) is 1. The average molecular weight is 308 g/mol. The Morgan fingerprint density at radius 3 is 2.57 bits per heavy atom. The summed E-state index contributed by atoms with van der Waals surface area (Å²) in [5, 5.41) is 4.00. The van der Waals surface area contributed by atoms with Crippen LogP contribution in [0.2, 0.25) is 5.02 Å². The van der Waals surface area contributed by atoms with Crippen LogP contribution in [0, 0.1) is 12.7 Å². The van der Waals surface area contributed by atoms with Crippen molar-refractivity contribution in [3.05, 3.63) is 63.9 Å². The van der Waals surface area contributed by atoms with Gasteiger partial charge in [-0.25, -0.2) is 4.39 Å². The highest BCUT2D eigenvalue weighted by molar-refractivity contribution is 6.30. The normalized spacial score (nSPS) is 12.2. The summed E-state index contributed by atoms with van der Waals surface area (Å²) in [5.74, 6) is -0.0693. The van der Waals surface area contributed by atoms with Crippen LogP contribution in [0.15, 0.2) is 36.4 Å². The Morgan fingerprint density at radius 1 is 1.24 bits per heavy atom. The molecule has 1 N–H and O–H groups in total. The summed E-state index contributed by atoms with van der Waals surface area (Å²) in [6, 6.07) is 11.0. The predicted molar refractivity (Wildman–Crippen MR) is 84.6 cm³/mol. The molecule has 0 amide bonds. The van der Waals surface area contributed by atoms with Gasteiger partial charge in [-0.05, 0) is 61.3 Å². The fourth-order valence-electron chi connectivity index (χ4n) is 2.47. The molecule has 0 saturated heterocycles. The molecule has 0 radical (unpaired) electrons. The smallest absolute Gasteiger partial charge is 0.165 e. The number of hydrogen-bond acceptors (Lipinski definition) is 2. The first kappa shape index (κ1) is 15.8. The van der Waals surface area contributed by atoms with Crippen LogP contribution in [0.5, 0.6) is 5.75 Å². The molecule has 0 saturated carbocycles. The molecule has 0 bridgehead atoms. The standard InChI is InChI=1S/C17H19ClFNO/c1-11-8-13(18)5-6-14(11)16(20-2)10-12-4-7-17(21-3)15(19)9-12/h4-9,16,20H,10H2,1-3H3. The number of halogens is 2. The van der Waals surface area contributed by atoms with E-state index >= 15 is 0 Å². The third kappa shape index (κ3) is 3.74. The molecule has 2 nitrogen and oxygen atoms in total. The maximum absolute atomic E-state index is 13.8. The van der Waals surface area contributed by atoms with Crippen molar-refractivity contribution in [1.29, 1.82) is 0 Å². The zero-order valence-electron chi connectivity index (χ0n) is 12.4. The highest BCUT2D eigenvalue weighted by Gasteiger charge is 2.14. The minimum absolute atomic E-state index is 0.107. The number of hydrogen-bond donors (Lipinski definition) is 1. The molecule has 0 spiro atoms. The Morgan fingerprint density at radius 2 is 2.00 bits per heavy atom. The topological polar surface area (TPSA) is 21.3 Å². The first-order chi connectivity index (χ1) is 10.0. The highest BCUT2D eigenvalue weighted by Crippen LogP contribution is 2.26. The lowest BCUT2D eigenvalue weighted by Crippen LogP contribution is -2.19. The van der Waals surface area contributed by atoms with E-state index in [2.05, 4.69) is 5.32 Å². The van der Waals surface area contributed by atoms with Gasteiger partial charge in [-0.1, -0.05) is 23.7 Å². The van der Waals surface area contributed by atoms with Gasteiger partial charge in [-0.2, -0.15) is 0 Å². The van der Waals surface area contributed by atoms with Gasteiger partial charge in [-0.3, -0.25) is 0 Å². The van der Waals surface area contributed by atoms with E-state index in [1.54, 1.807) is 6.07 Å². The first-order valence-electron chi connectivity index (χ1n) is 6.81. The van der Waals surface area contributed by atoms with Crippen LogP contribution in [0.4, 0.5) is 4.39 Å². The molecule has 112 valence electrons. The largest absolute Gasteiger partial charge is 0.494 e. The van der Waals surface area contributed by atoms with Crippen LogP contribution in [-0.4, -0.2) is 14.2 Å². The SMILES string of the molecule is CNC(Cc1ccc(OC)c(F)c1)c1ccc(Cl)cc1C. The fraction of sp³-hybridized carbons (Fsp3) is 0.294. The summed E-state index contributed by atoms with van der Waals surface area (Å²) in [6.45, 7) is 2.03. The number of methoxy groups -OCH3 is 1. The number of likely N-dealkylation sites (N-methyl/N-ethyl adjacent to an activating group) is 1. The van der Waals surface area contributed by atoms with Gasteiger partial charge < -0.3 is 10.1 Å². The third-order valence-corrected chi connectivity index (χ3v) is 3.85. The van der Waals surface area contributed by atoms with Crippen LogP contribution in [-0.2, 0) is 6.42 Å². The molecule has 4 heteroatoms. The quantitative estimate of drug-likeness (QED) is 0.889. The van der Waals surface area contributed by atoms with E-state index in [-0.39, 0.29) is 17.6 Å². The summed E-state index contributed by atoms with van der Waals surface area (Å²) in [7, 11) is 3.37. The van der Waals surface area contributed by atoms with Crippen molar-refractivity contribution in [1.82, 2.24) is 5.32 Å². The Labute approximate surface area is 129 Å². The van der Waals surface area contributed by atoms with E-state index in [0.717, 1.165) is 21.7 Å². The van der Waals surface area contributed by atoms with Crippen molar-refractivity contribution >= 4 is 11.6 Å². The fourth-order valence-corrected chi connectivity index (χ4v) is 2.70. The molecule has 0 aliphatic carbocycles. The van der Waals surface area contributed by atoms with Crippen LogP contribution < -0.4 is 10.1 Å². The van der Waals surface area contributed by atoms with E-state index in [0.29, 0.717) is 6.42 Å². The molecule has 0 aromatic heterocycles. The van der Waals surface area contributed by atoms with Gasteiger partial charge in [0.15, 0.2) is 11.6 Å². The second-order valence-corrected chi connectivity index (χ2v) is 5.45. The molecule has 21 heavy (non-hydrogen) atoms. The Balaban J connectivity index is 2.24. The number of benzene rings is 2. The van der Waals surface area contributed by atoms with Crippen LogP contribution in [0.3, 0.4) is 0 Å².